The van der Waals surface area contributed by atoms with Gasteiger partial charge in [-0.2, -0.15) is 0 Å². The maximum atomic E-state index is 10.8. The maximum absolute atomic E-state index is 10.8. The fourth-order valence-corrected chi connectivity index (χ4v) is 5.96. The highest BCUT2D eigenvalue weighted by atomic mass is 16.6. The Hall–Kier alpha value is -1.76. The number of ether oxygens (including phenoxy) is 3. The van der Waals surface area contributed by atoms with Crippen molar-refractivity contribution in [3.63, 3.8) is 0 Å². The third-order valence-electron chi connectivity index (χ3n) is 8.41. The van der Waals surface area contributed by atoms with Crippen LogP contribution in [0.5, 0.6) is 0 Å². The van der Waals surface area contributed by atoms with E-state index in [1.165, 1.54) is 63.4 Å². The van der Waals surface area contributed by atoms with Crippen LogP contribution < -0.4 is 0 Å². The van der Waals surface area contributed by atoms with Gasteiger partial charge in [0.2, 0.25) is 0 Å². The van der Waals surface area contributed by atoms with Crippen LogP contribution in [0.4, 0.5) is 0 Å². The molecule has 230 valence electrons. The van der Waals surface area contributed by atoms with Gasteiger partial charge in [-0.25, -0.2) is 0 Å². The summed E-state index contributed by atoms with van der Waals surface area (Å²) in [5.74, 6) is 0. The molecule has 1 fully saturated rings. The van der Waals surface area contributed by atoms with Gasteiger partial charge in [0.25, 0.3) is 0 Å². The molecule has 1 aliphatic rings. The van der Waals surface area contributed by atoms with Crippen LogP contribution in [-0.2, 0) is 27.4 Å². The molecule has 1 N–H and O–H groups in total. The number of benzene rings is 2. The normalized spacial score (nSPS) is 21.5. The molecule has 0 aromatic heterocycles. The molecule has 0 heterocycles. The Kier molecular flexibility index (Phi) is 16.6. The summed E-state index contributed by atoms with van der Waals surface area (Å²) in [4.78, 5) is 2.44. The van der Waals surface area contributed by atoms with Gasteiger partial charge in [-0.05, 0) is 37.6 Å². The van der Waals surface area contributed by atoms with Gasteiger partial charge in [-0.15, -0.1) is 0 Å². The maximum Gasteiger partial charge on any atom is 0.102 e. The first-order valence-corrected chi connectivity index (χ1v) is 16.4. The number of unbranched alkanes of at least 4 members (excludes halogenated alkanes) is 8. The van der Waals surface area contributed by atoms with E-state index in [2.05, 4.69) is 74.3 Å². The largest absolute Gasteiger partial charge is 0.391 e. The zero-order valence-corrected chi connectivity index (χ0v) is 26.1. The van der Waals surface area contributed by atoms with Gasteiger partial charge in [0.05, 0.1) is 44.2 Å². The Morgan fingerprint density at radius 2 is 1.24 bits per heavy atom. The average Bonchev–Trinajstić information content (AvgIpc) is 3.36. The molecule has 41 heavy (non-hydrogen) atoms. The number of nitrogens with zero attached hydrogens (tertiary/aromatic N) is 1. The first kappa shape index (κ1) is 33.7. The van der Waals surface area contributed by atoms with Crippen LogP contribution in [-0.4, -0.2) is 60.7 Å². The van der Waals surface area contributed by atoms with E-state index in [-0.39, 0.29) is 24.4 Å². The van der Waals surface area contributed by atoms with Crippen molar-refractivity contribution in [1.82, 2.24) is 4.90 Å². The second-order valence-electron chi connectivity index (χ2n) is 11.9. The Morgan fingerprint density at radius 3 is 1.83 bits per heavy atom. The molecule has 0 amide bonds. The molecule has 5 heteroatoms. The van der Waals surface area contributed by atoms with Gasteiger partial charge in [0, 0.05) is 6.42 Å². The van der Waals surface area contributed by atoms with E-state index in [4.69, 9.17) is 14.2 Å². The van der Waals surface area contributed by atoms with Crippen LogP contribution in [0, 0.1) is 0 Å². The minimum absolute atomic E-state index is 0.00666. The van der Waals surface area contributed by atoms with Crippen molar-refractivity contribution in [3.8, 4) is 0 Å². The van der Waals surface area contributed by atoms with E-state index in [0.29, 0.717) is 19.8 Å². The Bertz CT molecular complexity index is 895. The van der Waals surface area contributed by atoms with Gasteiger partial charge in [0.1, 0.15) is 6.10 Å². The van der Waals surface area contributed by atoms with Gasteiger partial charge < -0.3 is 19.3 Å². The monoisotopic (exact) mass is 567 g/mol. The second kappa shape index (κ2) is 20.2. The van der Waals surface area contributed by atoms with E-state index < -0.39 is 6.10 Å². The van der Waals surface area contributed by atoms with Crippen LogP contribution in [0.1, 0.15) is 102 Å². The van der Waals surface area contributed by atoms with Gasteiger partial charge in [-0.3, -0.25) is 4.90 Å². The Morgan fingerprint density at radius 1 is 0.707 bits per heavy atom. The van der Waals surface area contributed by atoms with Gasteiger partial charge >= 0.3 is 0 Å². The average molecular weight is 568 g/mol. The Balaban J connectivity index is 1.69. The molecule has 2 aromatic rings. The molecular weight excluding hydrogens is 510 g/mol. The molecule has 5 nitrogen and oxygen atoms in total. The Labute approximate surface area is 250 Å². The van der Waals surface area contributed by atoms with Crippen LogP contribution in [0.25, 0.3) is 0 Å². The standard InChI is InChI=1S/C36H57NO4/c1-4-6-8-10-18-24-32(38)29-41-36-34(40-28-31-22-16-13-17-23-31)26-33(39-27-30-20-14-12-15-21-30)35(36)37(3)25-19-11-9-7-5-2/h12-17,20-23,32-36,38H,4-11,18-19,24-29H2,1-3H3. The lowest BCUT2D eigenvalue weighted by molar-refractivity contribution is -0.107. The zero-order chi connectivity index (χ0) is 29.1. The highest BCUT2D eigenvalue weighted by molar-refractivity contribution is 5.15. The molecule has 0 aliphatic heterocycles. The zero-order valence-electron chi connectivity index (χ0n) is 26.1. The summed E-state index contributed by atoms with van der Waals surface area (Å²) in [6.45, 7) is 6.96. The first-order chi connectivity index (χ1) is 20.1. The van der Waals surface area contributed by atoms with Crippen molar-refractivity contribution < 1.29 is 19.3 Å². The van der Waals surface area contributed by atoms with Crippen LogP contribution in [0.15, 0.2) is 60.7 Å². The lowest BCUT2D eigenvalue weighted by Gasteiger charge is -2.35. The van der Waals surface area contributed by atoms with E-state index in [0.717, 1.165) is 31.4 Å². The molecule has 2 aromatic carbocycles. The van der Waals surface area contributed by atoms with E-state index >= 15 is 0 Å². The summed E-state index contributed by atoms with van der Waals surface area (Å²) >= 11 is 0. The lowest BCUT2D eigenvalue weighted by atomic mass is 10.1. The first-order valence-electron chi connectivity index (χ1n) is 16.4. The van der Waals surface area contributed by atoms with Crippen molar-refractivity contribution in [1.29, 1.82) is 0 Å². The van der Waals surface area contributed by atoms with E-state index in [1.54, 1.807) is 0 Å². The van der Waals surface area contributed by atoms with Crippen molar-refractivity contribution >= 4 is 0 Å². The van der Waals surface area contributed by atoms with Crippen molar-refractivity contribution in [2.45, 2.75) is 135 Å². The second-order valence-corrected chi connectivity index (χ2v) is 11.9. The molecule has 5 unspecified atom stereocenters. The number of aliphatic hydroxyl groups excluding tert-OH is 1. The molecule has 0 spiro atoms. The molecule has 0 saturated heterocycles. The molecule has 5 atom stereocenters. The van der Waals surface area contributed by atoms with Crippen molar-refractivity contribution in [2.75, 3.05) is 20.2 Å². The number of rotatable bonds is 22. The fraction of sp³-hybridized carbons (Fsp3) is 0.667. The molecule has 3 rings (SSSR count). The van der Waals surface area contributed by atoms with E-state index in [9.17, 15) is 5.11 Å². The molecular formula is C36H57NO4. The van der Waals surface area contributed by atoms with Crippen LogP contribution >= 0.6 is 0 Å². The summed E-state index contributed by atoms with van der Waals surface area (Å²) in [5, 5.41) is 10.8. The highest BCUT2D eigenvalue weighted by Gasteiger charge is 2.47. The summed E-state index contributed by atoms with van der Waals surface area (Å²) in [5.41, 5.74) is 2.34. The molecule has 1 aliphatic carbocycles. The summed E-state index contributed by atoms with van der Waals surface area (Å²) in [6, 6.07) is 20.8. The third kappa shape index (κ3) is 12.6. The molecule has 1 saturated carbocycles. The minimum atomic E-state index is -0.448. The topological polar surface area (TPSA) is 51.2 Å². The van der Waals surface area contributed by atoms with E-state index in [1.807, 2.05) is 12.1 Å². The number of likely N-dealkylation sites (N-methyl/N-ethyl adjacent to an activating group) is 1. The fourth-order valence-electron chi connectivity index (χ4n) is 5.96. The molecule has 0 radical (unpaired) electrons. The summed E-state index contributed by atoms with van der Waals surface area (Å²) < 4.78 is 19.8. The predicted molar refractivity (Wildman–Crippen MR) is 169 cm³/mol. The minimum Gasteiger partial charge on any atom is -0.391 e. The quantitative estimate of drug-likeness (QED) is 0.146. The van der Waals surface area contributed by atoms with Crippen LogP contribution in [0.3, 0.4) is 0 Å². The SMILES string of the molecule is CCCCCCCC(O)COC1C(OCc2ccccc2)CC(OCc2ccccc2)C1N(C)CCCCCCC. The predicted octanol–water partition coefficient (Wildman–Crippen LogP) is 7.94. The van der Waals surface area contributed by atoms with Gasteiger partial charge in [0.15, 0.2) is 0 Å². The summed E-state index contributed by atoms with van der Waals surface area (Å²) in [6.07, 6.45) is 13.1. The lowest BCUT2D eigenvalue weighted by Crippen LogP contribution is -2.49. The molecule has 0 bridgehead atoms. The number of aliphatic hydroxyl groups is 1. The van der Waals surface area contributed by atoms with Crippen molar-refractivity contribution in [2.24, 2.45) is 0 Å². The number of hydrogen-bond acceptors (Lipinski definition) is 5. The third-order valence-corrected chi connectivity index (χ3v) is 8.41. The smallest absolute Gasteiger partial charge is 0.102 e. The van der Waals surface area contributed by atoms with Crippen molar-refractivity contribution in [3.05, 3.63) is 71.8 Å². The van der Waals surface area contributed by atoms with Crippen LogP contribution in [0.2, 0.25) is 0 Å². The summed E-state index contributed by atoms with van der Waals surface area (Å²) in [7, 11) is 2.21. The number of hydrogen-bond donors (Lipinski definition) is 1. The van der Waals surface area contributed by atoms with Gasteiger partial charge in [-0.1, -0.05) is 132 Å². The highest BCUT2D eigenvalue weighted by Crippen LogP contribution is 2.33.